The van der Waals surface area contributed by atoms with Crippen molar-refractivity contribution in [3.63, 3.8) is 0 Å². The lowest BCUT2D eigenvalue weighted by Crippen LogP contribution is -2.43. The van der Waals surface area contributed by atoms with Gasteiger partial charge >= 0.3 is 0 Å². The highest BCUT2D eigenvalue weighted by atomic mass is 79.9. The molecule has 0 radical (unpaired) electrons. The van der Waals surface area contributed by atoms with E-state index in [0.717, 1.165) is 53.3 Å². The Hall–Kier alpha value is -1.71. The SMILES string of the molecule is COc1ccc2sc(N(CCN3CCOCC3)C(=O)c3ccc(Br)cc3)nc2c1.Cl. The van der Waals surface area contributed by atoms with E-state index in [4.69, 9.17) is 14.5 Å². The zero-order chi connectivity index (χ0) is 20.2. The fourth-order valence-electron chi connectivity index (χ4n) is 3.24. The number of carbonyl (C=O) groups is 1. The number of benzene rings is 2. The van der Waals surface area contributed by atoms with E-state index in [1.807, 2.05) is 42.5 Å². The number of morpholine rings is 1. The van der Waals surface area contributed by atoms with Crippen LogP contribution in [0.4, 0.5) is 5.13 Å². The predicted octanol–water partition coefficient (Wildman–Crippen LogP) is 4.47. The monoisotopic (exact) mass is 511 g/mol. The lowest BCUT2D eigenvalue weighted by Gasteiger charge is -2.29. The first-order chi connectivity index (χ1) is 14.1. The summed E-state index contributed by atoms with van der Waals surface area (Å²) >= 11 is 4.95. The molecule has 0 unspecified atom stereocenters. The van der Waals surface area contributed by atoms with Gasteiger partial charge in [0.1, 0.15) is 5.75 Å². The Morgan fingerprint density at radius 2 is 1.97 bits per heavy atom. The van der Waals surface area contributed by atoms with E-state index in [9.17, 15) is 4.79 Å². The molecule has 1 aliphatic heterocycles. The summed E-state index contributed by atoms with van der Waals surface area (Å²) in [5.41, 5.74) is 1.48. The van der Waals surface area contributed by atoms with Crippen LogP contribution in [-0.2, 0) is 4.74 Å². The number of carbonyl (C=O) groups excluding carboxylic acids is 1. The van der Waals surface area contributed by atoms with Gasteiger partial charge in [-0.25, -0.2) is 4.98 Å². The number of nitrogens with zero attached hydrogens (tertiary/aromatic N) is 3. The number of halogens is 2. The molecule has 2 aromatic carbocycles. The third-order valence-electron chi connectivity index (χ3n) is 4.89. The number of fused-ring (bicyclic) bond motifs is 1. The van der Waals surface area contributed by atoms with Gasteiger partial charge in [-0.1, -0.05) is 27.3 Å². The largest absolute Gasteiger partial charge is 0.497 e. The molecule has 6 nitrogen and oxygen atoms in total. The van der Waals surface area contributed by atoms with Crippen molar-refractivity contribution >= 4 is 60.9 Å². The molecule has 160 valence electrons. The Morgan fingerprint density at radius 3 is 2.67 bits per heavy atom. The quantitative estimate of drug-likeness (QED) is 0.488. The van der Waals surface area contributed by atoms with E-state index >= 15 is 0 Å². The smallest absolute Gasteiger partial charge is 0.260 e. The average Bonchev–Trinajstić information content (AvgIpc) is 3.17. The van der Waals surface area contributed by atoms with Crippen LogP contribution in [0, 0.1) is 0 Å². The topological polar surface area (TPSA) is 54.9 Å². The lowest BCUT2D eigenvalue weighted by atomic mass is 10.2. The van der Waals surface area contributed by atoms with Crippen molar-refractivity contribution in [1.82, 2.24) is 9.88 Å². The minimum atomic E-state index is -0.0446. The molecule has 0 spiro atoms. The molecular formula is C21H23BrClN3O3S. The summed E-state index contributed by atoms with van der Waals surface area (Å²) in [5.74, 6) is 0.713. The minimum Gasteiger partial charge on any atom is -0.497 e. The number of thiazole rings is 1. The van der Waals surface area contributed by atoms with Crippen molar-refractivity contribution in [2.24, 2.45) is 0 Å². The van der Waals surface area contributed by atoms with E-state index in [0.29, 0.717) is 17.2 Å². The van der Waals surface area contributed by atoms with Crippen LogP contribution < -0.4 is 9.64 Å². The fraction of sp³-hybridized carbons (Fsp3) is 0.333. The summed E-state index contributed by atoms with van der Waals surface area (Å²) in [6.07, 6.45) is 0. The van der Waals surface area contributed by atoms with Gasteiger partial charge in [0.2, 0.25) is 0 Å². The molecule has 0 bridgehead atoms. The number of aromatic nitrogens is 1. The average molecular weight is 513 g/mol. The van der Waals surface area contributed by atoms with Crippen molar-refractivity contribution in [2.45, 2.75) is 0 Å². The van der Waals surface area contributed by atoms with E-state index < -0.39 is 0 Å². The van der Waals surface area contributed by atoms with Gasteiger partial charge in [0, 0.05) is 42.3 Å². The third kappa shape index (κ3) is 5.31. The maximum absolute atomic E-state index is 13.3. The van der Waals surface area contributed by atoms with Crippen LogP contribution >= 0.6 is 39.7 Å². The summed E-state index contributed by atoms with van der Waals surface area (Å²) in [6.45, 7) is 4.61. The zero-order valence-corrected chi connectivity index (χ0v) is 19.8. The Balaban J connectivity index is 0.00000256. The molecule has 1 amide bonds. The van der Waals surface area contributed by atoms with Crippen molar-refractivity contribution in [2.75, 3.05) is 51.4 Å². The van der Waals surface area contributed by atoms with Crippen LogP contribution in [0.25, 0.3) is 10.2 Å². The number of amides is 1. The third-order valence-corrected chi connectivity index (χ3v) is 6.48. The van der Waals surface area contributed by atoms with Gasteiger partial charge in [-0.3, -0.25) is 14.6 Å². The number of hydrogen-bond acceptors (Lipinski definition) is 6. The van der Waals surface area contributed by atoms with E-state index in [-0.39, 0.29) is 18.3 Å². The molecule has 3 aromatic rings. The molecule has 0 atom stereocenters. The highest BCUT2D eigenvalue weighted by Gasteiger charge is 2.23. The molecule has 0 saturated carbocycles. The Morgan fingerprint density at radius 1 is 1.23 bits per heavy atom. The molecule has 1 saturated heterocycles. The normalized spacial score (nSPS) is 14.3. The van der Waals surface area contributed by atoms with Crippen molar-refractivity contribution in [1.29, 1.82) is 0 Å². The van der Waals surface area contributed by atoms with Crippen LogP contribution in [0.15, 0.2) is 46.9 Å². The summed E-state index contributed by atoms with van der Waals surface area (Å²) < 4.78 is 12.7. The van der Waals surface area contributed by atoms with Gasteiger partial charge in [0.25, 0.3) is 5.91 Å². The van der Waals surface area contributed by atoms with Gasteiger partial charge in [0.15, 0.2) is 5.13 Å². The fourth-order valence-corrected chi connectivity index (χ4v) is 4.47. The van der Waals surface area contributed by atoms with Gasteiger partial charge < -0.3 is 9.47 Å². The van der Waals surface area contributed by atoms with Crippen LogP contribution in [-0.4, -0.2) is 62.3 Å². The molecule has 30 heavy (non-hydrogen) atoms. The highest BCUT2D eigenvalue weighted by molar-refractivity contribution is 9.10. The molecule has 1 fully saturated rings. The predicted molar refractivity (Wildman–Crippen MR) is 126 cm³/mol. The van der Waals surface area contributed by atoms with Crippen molar-refractivity contribution in [3.8, 4) is 5.75 Å². The Labute approximate surface area is 194 Å². The van der Waals surface area contributed by atoms with E-state index in [1.54, 1.807) is 12.0 Å². The minimum absolute atomic E-state index is 0. The first-order valence-corrected chi connectivity index (χ1v) is 11.1. The summed E-state index contributed by atoms with van der Waals surface area (Å²) in [6, 6.07) is 13.3. The van der Waals surface area contributed by atoms with Gasteiger partial charge in [-0.15, -0.1) is 12.4 Å². The standard InChI is InChI=1S/C21H22BrN3O3S.ClH/c1-27-17-6-7-19-18(14-17)23-21(29-19)25(9-8-24-10-12-28-13-11-24)20(26)15-2-4-16(22)5-3-15;/h2-7,14H,8-13H2,1H3;1H. The molecule has 9 heteroatoms. The second-order valence-corrected chi connectivity index (χ2v) is 8.67. The Kier molecular flexibility index (Phi) is 8.07. The summed E-state index contributed by atoms with van der Waals surface area (Å²) in [5, 5.41) is 0.703. The second-order valence-electron chi connectivity index (χ2n) is 6.75. The maximum Gasteiger partial charge on any atom is 0.260 e. The van der Waals surface area contributed by atoms with Crippen LogP contribution in [0.5, 0.6) is 5.75 Å². The summed E-state index contributed by atoms with van der Waals surface area (Å²) in [7, 11) is 1.64. The number of ether oxygens (including phenoxy) is 2. The van der Waals surface area contributed by atoms with Gasteiger partial charge in [-0.2, -0.15) is 0 Å². The lowest BCUT2D eigenvalue weighted by molar-refractivity contribution is 0.0391. The molecule has 1 aliphatic rings. The number of anilines is 1. The summed E-state index contributed by atoms with van der Waals surface area (Å²) in [4.78, 5) is 22.2. The molecule has 4 rings (SSSR count). The molecule has 0 N–H and O–H groups in total. The van der Waals surface area contributed by atoms with Crippen LogP contribution in [0.3, 0.4) is 0 Å². The second kappa shape index (κ2) is 10.5. The van der Waals surface area contributed by atoms with E-state index in [1.165, 1.54) is 11.3 Å². The highest BCUT2D eigenvalue weighted by Crippen LogP contribution is 2.32. The Bertz CT molecular complexity index is 993. The number of hydrogen-bond donors (Lipinski definition) is 0. The zero-order valence-electron chi connectivity index (χ0n) is 16.5. The van der Waals surface area contributed by atoms with Crippen LogP contribution in [0.1, 0.15) is 10.4 Å². The molecule has 1 aromatic heterocycles. The van der Waals surface area contributed by atoms with Crippen molar-refractivity contribution in [3.05, 3.63) is 52.5 Å². The first-order valence-electron chi connectivity index (χ1n) is 9.46. The van der Waals surface area contributed by atoms with E-state index in [2.05, 4.69) is 20.8 Å². The van der Waals surface area contributed by atoms with Crippen molar-refractivity contribution < 1.29 is 14.3 Å². The molecule has 2 heterocycles. The van der Waals surface area contributed by atoms with Crippen LogP contribution in [0.2, 0.25) is 0 Å². The molecule has 0 aliphatic carbocycles. The van der Waals surface area contributed by atoms with Gasteiger partial charge in [-0.05, 0) is 36.4 Å². The molecular weight excluding hydrogens is 490 g/mol. The number of rotatable bonds is 6. The van der Waals surface area contributed by atoms with Gasteiger partial charge in [0.05, 0.1) is 30.5 Å². The number of methoxy groups -OCH3 is 1. The maximum atomic E-state index is 13.3. The first kappa shape index (κ1) is 23.0.